The Morgan fingerprint density at radius 1 is 1.12 bits per heavy atom. The molecule has 2 rings (SSSR count). The fraction of sp³-hybridized carbons (Fsp3) is 1.00. The molecule has 0 radical (unpaired) electrons. The lowest BCUT2D eigenvalue weighted by Gasteiger charge is -2.48. The van der Waals surface area contributed by atoms with Crippen molar-refractivity contribution >= 4 is 0 Å². The van der Waals surface area contributed by atoms with Crippen molar-refractivity contribution in [1.82, 2.24) is 4.90 Å². The zero-order chi connectivity index (χ0) is 11.6. The molecule has 2 nitrogen and oxygen atoms in total. The third-order valence-electron chi connectivity index (χ3n) is 4.96. The van der Waals surface area contributed by atoms with Gasteiger partial charge in [-0.3, -0.25) is 4.90 Å². The summed E-state index contributed by atoms with van der Waals surface area (Å²) in [5.41, 5.74) is 6.47. The highest BCUT2D eigenvalue weighted by Crippen LogP contribution is 2.47. The van der Waals surface area contributed by atoms with Crippen LogP contribution in [0.25, 0.3) is 0 Å². The van der Waals surface area contributed by atoms with Crippen molar-refractivity contribution in [2.45, 2.75) is 57.9 Å². The third kappa shape index (κ3) is 2.28. The van der Waals surface area contributed by atoms with E-state index in [1.807, 2.05) is 0 Å². The van der Waals surface area contributed by atoms with Crippen LogP contribution in [0.1, 0.15) is 52.4 Å². The van der Waals surface area contributed by atoms with Crippen molar-refractivity contribution in [2.24, 2.45) is 17.6 Å². The average molecular weight is 224 g/mol. The molecule has 0 spiro atoms. The molecule has 0 aliphatic heterocycles. The fourth-order valence-corrected chi connectivity index (χ4v) is 3.85. The van der Waals surface area contributed by atoms with E-state index in [0.717, 1.165) is 31.5 Å². The second-order valence-corrected chi connectivity index (χ2v) is 5.79. The van der Waals surface area contributed by atoms with Gasteiger partial charge in [-0.15, -0.1) is 0 Å². The zero-order valence-corrected chi connectivity index (χ0v) is 11.0. The van der Waals surface area contributed by atoms with Gasteiger partial charge in [-0.1, -0.05) is 26.7 Å². The van der Waals surface area contributed by atoms with Crippen LogP contribution in [-0.4, -0.2) is 30.1 Å². The molecule has 2 unspecified atom stereocenters. The molecule has 0 aromatic rings. The molecule has 2 aliphatic carbocycles. The van der Waals surface area contributed by atoms with Crippen LogP contribution in [0.2, 0.25) is 0 Å². The van der Waals surface area contributed by atoms with Gasteiger partial charge in [-0.05, 0) is 50.6 Å². The Hall–Kier alpha value is -0.0800. The molecule has 0 saturated heterocycles. The normalized spacial score (nSPS) is 35.6. The Balaban J connectivity index is 2.05. The molecular weight excluding hydrogens is 196 g/mol. The molecule has 94 valence electrons. The van der Waals surface area contributed by atoms with Gasteiger partial charge in [-0.25, -0.2) is 0 Å². The first-order valence-electron chi connectivity index (χ1n) is 7.21. The van der Waals surface area contributed by atoms with Gasteiger partial charge in [0.05, 0.1) is 0 Å². The average Bonchev–Trinajstić information content (AvgIpc) is 3.15. The molecule has 16 heavy (non-hydrogen) atoms. The lowest BCUT2D eigenvalue weighted by Crippen LogP contribution is -2.56. The molecule has 0 amide bonds. The first-order chi connectivity index (χ1) is 7.75. The summed E-state index contributed by atoms with van der Waals surface area (Å²) >= 11 is 0. The van der Waals surface area contributed by atoms with Crippen molar-refractivity contribution in [3.63, 3.8) is 0 Å². The number of rotatable bonds is 5. The van der Waals surface area contributed by atoms with Crippen molar-refractivity contribution < 1.29 is 0 Å². The van der Waals surface area contributed by atoms with Crippen LogP contribution in [0, 0.1) is 11.8 Å². The number of likely N-dealkylation sites (N-methyl/N-ethyl adjacent to an activating group) is 1. The molecule has 2 saturated carbocycles. The predicted molar refractivity (Wildman–Crippen MR) is 69.4 cm³/mol. The van der Waals surface area contributed by atoms with Gasteiger partial charge in [0.25, 0.3) is 0 Å². The van der Waals surface area contributed by atoms with Gasteiger partial charge in [-0.2, -0.15) is 0 Å². The Morgan fingerprint density at radius 3 is 2.31 bits per heavy atom. The Kier molecular flexibility index (Phi) is 3.91. The molecule has 2 fully saturated rings. The van der Waals surface area contributed by atoms with Gasteiger partial charge in [0.15, 0.2) is 0 Å². The van der Waals surface area contributed by atoms with Crippen molar-refractivity contribution in [2.75, 3.05) is 19.6 Å². The van der Waals surface area contributed by atoms with E-state index in [-0.39, 0.29) is 0 Å². The van der Waals surface area contributed by atoms with Crippen LogP contribution in [0.3, 0.4) is 0 Å². The van der Waals surface area contributed by atoms with Crippen LogP contribution in [0.4, 0.5) is 0 Å². The Bertz CT molecular complexity index is 221. The summed E-state index contributed by atoms with van der Waals surface area (Å²) in [7, 11) is 0. The van der Waals surface area contributed by atoms with Gasteiger partial charge in [0, 0.05) is 12.1 Å². The largest absolute Gasteiger partial charge is 0.329 e. The van der Waals surface area contributed by atoms with Gasteiger partial charge in [0.1, 0.15) is 0 Å². The van der Waals surface area contributed by atoms with E-state index < -0.39 is 0 Å². The maximum atomic E-state index is 6.13. The lowest BCUT2D eigenvalue weighted by molar-refractivity contribution is 0.0389. The summed E-state index contributed by atoms with van der Waals surface area (Å²) < 4.78 is 0. The van der Waals surface area contributed by atoms with Gasteiger partial charge < -0.3 is 5.73 Å². The first kappa shape index (κ1) is 12.4. The highest BCUT2D eigenvalue weighted by molar-refractivity contribution is 4.99. The first-order valence-corrected chi connectivity index (χ1v) is 7.21. The van der Waals surface area contributed by atoms with Crippen LogP contribution < -0.4 is 5.73 Å². The molecule has 0 aromatic carbocycles. The van der Waals surface area contributed by atoms with Crippen molar-refractivity contribution in [3.8, 4) is 0 Å². The quantitative estimate of drug-likeness (QED) is 0.778. The van der Waals surface area contributed by atoms with E-state index in [4.69, 9.17) is 5.73 Å². The van der Waals surface area contributed by atoms with Gasteiger partial charge >= 0.3 is 0 Å². The topological polar surface area (TPSA) is 29.3 Å². The second-order valence-electron chi connectivity index (χ2n) is 5.79. The number of hydrogen-bond acceptors (Lipinski definition) is 2. The van der Waals surface area contributed by atoms with Crippen LogP contribution in [0.5, 0.6) is 0 Å². The van der Waals surface area contributed by atoms with E-state index in [1.165, 1.54) is 38.5 Å². The summed E-state index contributed by atoms with van der Waals surface area (Å²) in [5, 5.41) is 0. The molecule has 2 N–H and O–H groups in total. The summed E-state index contributed by atoms with van der Waals surface area (Å²) in [6.07, 6.45) is 8.54. The molecule has 2 heteroatoms. The van der Waals surface area contributed by atoms with Gasteiger partial charge in [0.2, 0.25) is 0 Å². The van der Waals surface area contributed by atoms with E-state index >= 15 is 0 Å². The SMILES string of the molecule is CCN(CC)C1(CN)CCCC(C2CC2)C1. The fourth-order valence-electron chi connectivity index (χ4n) is 3.85. The summed E-state index contributed by atoms with van der Waals surface area (Å²) in [5.74, 6) is 2.04. The molecule has 0 aromatic heterocycles. The Labute approximate surface area is 101 Å². The standard InChI is InChI=1S/C14H28N2/c1-3-16(4-2)14(11-15)9-5-6-13(10-14)12-7-8-12/h12-13H,3-11,15H2,1-2H3. The number of hydrogen-bond donors (Lipinski definition) is 1. The minimum absolute atomic E-state index is 0.342. The number of nitrogens with zero attached hydrogens (tertiary/aromatic N) is 1. The lowest BCUT2D eigenvalue weighted by atomic mass is 9.72. The molecule has 0 bridgehead atoms. The molecular formula is C14H28N2. The minimum atomic E-state index is 0.342. The summed E-state index contributed by atoms with van der Waals surface area (Å²) in [6.45, 7) is 7.73. The van der Waals surface area contributed by atoms with Crippen LogP contribution in [0.15, 0.2) is 0 Å². The van der Waals surface area contributed by atoms with E-state index in [9.17, 15) is 0 Å². The molecule has 0 heterocycles. The zero-order valence-electron chi connectivity index (χ0n) is 11.0. The van der Waals surface area contributed by atoms with Crippen molar-refractivity contribution in [3.05, 3.63) is 0 Å². The summed E-state index contributed by atoms with van der Waals surface area (Å²) in [4.78, 5) is 2.63. The molecule has 2 atom stereocenters. The second kappa shape index (κ2) is 5.05. The van der Waals surface area contributed by atoms with Crippen molar-refractivity contribution in [1.29, 1.82) is 0 Å². The minimum Gasteiger partial charge on any atom is -0.329 e. The summed E-state index contributed by atoms with van der Waals surface area (Å²) in [6, 6.07) is 0. The maximum Gasteiger partial charge on any atom is 0.0334 e. The van der Waals surface area contributed by atoms with E-state index in [0.29, 0.717) is 5.54 Å². The monoisotopic (exact) mass is 224 g/mol. The van der Waals surface area contributed by atoms with Crippen LogP contribution >= 0.6 is 0 Å². The highest BCUT2D eigenvalue weighted by atomic mass is 15.2. The highest BCUT2D eigenvalue weighted by Gasteiger charge is 2.43. The smallest absolute Gasteiger partial charge is 0.0334 e. The molecule has 2 aliphatic rings. The third-order valence-corrected chi connectivity index (χ3v) is 4.96. The maximum absolute atomic E-state index is 6.13. The Morgan fingerprint density at radius 2 is 1.81 bits per heavy atom. The van der Waals surface area contributed by atoms with Crippen LogP contribution in [-0.2, 0) is 0 Å². The van der Waals surface area contributed by atoms with E-state index in [1.54, 1.807) is 0 Å². The predicted octanol–water partition coefficient (Wildman–Crippen LogP) is 2.63. The number of nitrogens with two attached hydrogens (primary N) is 1. The van der Waals surface area contributed by atoms with E-state index in [2.05, 4.69) is 18.7 Å².